The Morgan fingerprint density at radius 2 is 1.92 bits per heavy atom. The number of pyridine rings is 1. The first-order chi connectivity index (χ1) is 12.2. The maximum Gasteiger partial charge on any atom is 0.152 e. The number of nitrogen functional groups attached to an aromatic ring is 1. The smallest absolute Gasteiger partial charge is 0.152 e. The summed E-state index contributed by atoms with van der Waals surface area (Å²) in [4.78, 5) is 12.8. The SMILES string of the molecule is CCc1ccnc(N2CCN(Cc3cc4ccccc4[nH]3)CC2)c1N. The summed E-state index contributed by atoms with van der Waals surface area (Å²) in [5, 5.41) is 1.28. The lowest BCUT2D eigenvalue weighted by atomic mass is 10.1. The van der Waals surface area contributed by atoms with E-state index in [1.54, 1.807) is 0 Å². The molecule has 0 atom stereocenters. The second-order valence-corrected chi connectivity index (χ2v) is 6.71. The highest BCUT2D eigenvalue weighted by Gasteiger charge is 2.20. The van der Waals surface area contributed by atoms with Crippen LogP contribution >= 0.6 is 0 Å². The van der Waals surface area contributed by atoms with Crippen LogP contribution in [0.15, 0.2) is 42.6 Å². The lowest BCUT2D eigenvalue weighted by Gasteiger charge is -2.35. The van der Waals surface area contributed by atoms with E-state index in [9.17, 15) is 0 Å². The maximum absolute atomic E-state index is 6.30. The van der Waals surface area contributed by atoms with Crippen LogP contribution < -0.4 is 10.6 Å². The van der Waals surface area contributed by atoms with Gasteiger partial charge in [0.05, 0.1) is 5.69 Å². The molecule has 3 N–H and O–H groups in total. The third-order valence-corrected chi connectivity index (χ3v) is 5.09. The Hall–Kier alpha value is -2.53. The molecular weight excluding hydrogens is 310 g/mol. The van der Waals surface area contributed by atoms with Gasteiger partial charge in [0, 0.05) is 50.1 Å². The molecule has 3 aromatic rings. The summed E-state index contributed by atoms with van der Waals surface area (Å²) in [5.41, 5.74) is 10.8. The zero-order chi connectivity index (χ0) is 17.2. The molecule has 1 saturated heterocycles. The fourth-order valence-corrected chi connectivity index (χ4v) is 3.64. The van der Waals surface area contributed by atoms with Gasteiger partial charge >= 0.3 is 0 Å². The molecule has 130 valence electrons. The normalized spacial score (nSPS) is 15.8. The van der Waals surface area contributed by atoms with Crippen LogP contribution in [0.25, 0.3) is 10.9 Å². The van der Waals surface area contributed by atoms with Gasteiger partial charge in [-0.2, -0.15) is 0 Å². The second-order valence-electron chi connectivity index (χ2n) is 6.71. The van der Waals surface area contributed by atoms with Crippen molar-refractivity contribution in [3.8, 4) is 0 Å². The van der Waals surface area contributed by atoms with Gasteiger partial charge in [0.25, 0.3) is 0 Å². The first-order valence-electron chi connectivity index (χ1n) is 9.02. The number of nitrogens with one attached hydrogen (secondary N) is 1. The standard InChI is InChI=1S/C20H25N5/c1-2-15-7-8-22-20(19(15)21)25-11-9-24(10-12-25)14-17-13-16-5-3-4-6-18(16)23-17/h3-8,13,23H,2,9-12,14,21H2,1H3. The van der Waals surface area contributed by atoms with Gasteiger partial charge in [-0.25, -0.2) is 4.98 Å². The van der Waals surface area contributed by atoms with Gasteiger partial charge in [0.15, 0.2) is 5.82 Å². The molecule has 1 aliphatic heterocycles. The molecule has 1 aromatic carbocycles. The predicted molar refractivity (Wildman–Crippen MR) is 104 cm³/mol. The first kappa shape index (κ1) is 16.0. The zero-order valence-corrected chi connectivity index (χ0v) is 14.7. The van der Waals surface area contributed by atoms with Crippen molar-refractivity contribution in [2.45, 2.75) is 19.9 Å². The molecule has 0 spiro atoms. The molecular formula is C20H25N5. The van der Waals surface area contributed by atoms with Crippen molar-refractivity contribution in [2.24, 2.45) is 0 Å². The fraction of sp³-hybridized carbons (Fsp3) is 0.350. The molecule has 1 fully saturated rings. The van der Waals surface area contributed by atoms with Crippen LogP contribution in [0, 0.1) is 0 Å². The van der Waals surface area contributed by atoms with Gasteiger partial charge in [-0.3, -0.25) is 4.90 Å². The number of nitrogens with zero attached hydrogens (tertiary/aromatic N) is 3. The Balaban J connectivity index is 1.41. The van der Waals surface area contributed by atoms with Crippen LogP contribution in [-0.2, 0) is 13.0 Å². The number of aromatic amines is 1. The molecule has 2 aromatic heterocycles. The highest BCUT2D eigenvalue weighted by Crippen LogP contribution is 2.25. The number of fused-ring (bicyclic) bond motifs is 1. The molecule has 0 unspecified atom stereocenters. The van der Waals surface area contributed by atoms with Gasteiger partial charge in [0.2, 0.25) is 0 Å². The van der Waals surface area contributed by atoms with Crippen molar-refractivity contribution in [1.29, 1.82) is 0 Å². The third kappa shape index (κ3) is 3.20. The van der Waals surface area contributed by atoms with Crippen LogP contribution in [0.5, 0.6) is 0 Å². The number of hydrogen-bond acceptors (Lipinski definition) is 4. The van der Waals surface area contributed by atoms with E-state index >= 15 is 0 Å². The Morgan fingerprint density at radius 1 is 1.12 bits per heavy atom. The molecule has 4 rings (SSSR count). The summed E-state index contributed by atoms with van der Waals surface area (Å²) in [6, 6.07) is 12.7. The first-order valence-corrected chi connectivity index (χ1v) is 9.02. The Kier molecular flexibility index (Phi) is 4.32. The molecule has 25 heavy (non-hydrogen) atoms. The van der Waals surface area contributed by atoms with E-state index in [4.69, 9.17) is 5.73 Å². The molecule has 3 heterocycles. The van der Waals surface area contributed by atoms with E-state index in [0.29, 0.717) is 0 Å². The minimum Gasteiger partial charge on any atom is -0.396 e. The molecule has 5 nitrogen and oxygen atoms in total. The van der Waals surface area contributed by atoms with Crippen molar-refractivity contribution in [2.75, 3.05) is 36.8 Å². The number of anilines is 2. The van der Waals surface area contributed by atoms with Gasteiger partial charge < -0.3 is 15.6 Å². The summed E-state index contributed by atoms with van der Waals surface area (Å²) in [7, 11) is 0. The minimum atomic E-state index is 0.842. The van der Waals surface area contributed by atoms with Crippen molar-refractivity contribution in [3.63, 3.8) is 0 Å². The lowest BCUT2D eigenvalue weighted by molar-refractivity contribution is 0.247. The lowest BCUT2D eigenvalue weighted by Crippen LogP contribution is -2.46. The topological polar surface area (TPSA) is 61.2 Å². The minimum absolute atomic E-state index is 0.842. The summed E-state index contributed by atoms with van der Waals surface area (Å²) in [6.07, 6.45) is 2.82. The van der Waals surface area contributed by atoms with Gasteiger partial charge in [-0.1, -0.05) is 25.1 Å². The Bertz CT molecular complexity index is 828. The van der Waals surface area contributed by atoms with E-state index in [0.717, 1.165) is 50.6 Å². The highest BCUT2D eigenvalue weighted by molar-refractivity contribution is 5.80. The van der Waals surface area contributed by atoms with Gasteiger partial charge in [-0.15, -0.1) is 0 Å². The molecule has 0 bridgehead atoms. The quantitative estimate of drug-likeness (QED) is 0.769. The number of benzene rings is 1. The second kappa shape index (κ2) is 6.76. The number of nitrogens with two attached hydrogens (primary N) is 1. The molecule has 0 aliphatic carbocycles. The number of aryl methyl sites for hydroxylation is 1. The zero-order valence-electron chi connectivity index (χ0n) is 14.7. The maximum atomic E-state index is 6.30. The van der Waals surface area contributed by atoms with Crippen molar-refractivity contribution in [3.05, 3.63) is 53.9 Å². The highest BCUT2D eigenvalue weighted by atomic mass is 15.3. The van der Waals surface area contributed by atoms with Crippen LogP contribution in [0.1, 0.15) is 18.2 Å². The number of H-pyrrole nitrogens is 1. The van der Waals surface area contributed by atoms with Crippen LogP contribution in [0.2, 0.25) is 0 Å². The summed E-state index contributed by atoms with van der Waals surface area (Å²) < 4.78 is 0. The summed E-state index contributed by atoms with van der Waals surface area (Å²) >= 11 is 0. The summed E-state index contributed by atoms with van der Waals surface area (Å²) in [5.74, 6) is 0.949. The largest absolute Gasteiger partial charge is 0.396 e. The van der Waals surface area contributed by atoms with Crippen LogP contribution in [0.4, 0.5) is 11.5 Å². The molecule has 0 amide bonds. The number of hydrogen-bond donors (Lipinski definition) is 2. The number of rotatable bonds is 4. The number of aromatic nitrogens is 2. The van der Waals surface area contributed by atoms with Crippen LogP contribution in [0.3, 0.4) is 0 Å². The third-order valence-electron chi connectivity index (χ3n) is 5.09. The van der Waals surface area contributed by atoms with Gasteiger partial charge in [0.1, 0.15) is 0 Å². The average molecular weight is 335 g/mol. The predicted octanol–water partition coefficient (Wildman–Crippen LogP) is 3.03. The molecule has 1 aliphatic rings. The monoisotopic (exact) mass is 335 g/mol. The Morgan fingerprint density at radius 3 is 2.68 bits per heavy atom. The fourth-order valence-electron chi connectivity index (χ4n) is 3.64. The van der Waals surface area contributed by atoms with E-state index < -0.39 is 0 Å². The number of piperazine rings is 1. The van der Waals surface area contributed by atoms with Crippen LogP contribution in [-0.4, -0.2) is 41.0 Å². The molecule has 5 heteroatoms. The van der Waals surface area contributed by atoms with Crippen molar-refractivity contribution in [1.82, 2.24) is 14.9 Å². The molecule has 0 saturated carbocycles. The average Bonchev–Trinajstić information content (AvgIpc) is 3.05. The van der Waals surface area contributed by atoms with E-state index in [1.165, 1.54) is 22.2 Å². The van der Waals surface area contributed by atoms with Gasteiger partial charge in [-0.05, 0) is 35.6 Å². The van der Waals surface area contributed by atoms with Crippen molar-refractivity contribution >= 4 is 22.4 Å². The van der Waals surface area contributed by atoms with E-state index in [1.807, 2.05) is 12.3 Å². The van der Waals surface area contributed by atoms with E-state index in [-0.39, 0.29) is 0 Å². The number of para-hydroxylation sites is 1. The summed E-state index contributed by atoms with van der Waals surface area (Å²) in [6.45, 7) is 7.06. The van der Waals surface area contributed by atoms with Crippen molar-refractivity contribution < 1.29 is 0 Å². The van der Waals surface area contributed by atoms with E-state index in [2.05, 4.69) is 57.0 Å². The molecule has 0 radical (unpaired) electrons. The Labute approximate surface area is 148 Å².